The lowest BCUT2D eigenvalue weighted by Gasteiger charge is -2.11. The fourth-order valence-corrected chi connectivity index (χ4v) is 1.61. The molecule has 1 aromatic carbocycles. The van der Waals surface area contributed by atoms with Crippen molar-refractivity contribution in [3.8, 4) is 0 Å². The van der Waals surface area contributed by atoms with Crippen LogP contribution in [-0.4, -0.2) is 24.9 Å². The quantitative estimate of drug-likeness (QED) is 0.686. The molecule has 0 atom stereocenters. The number of aryl methyl sites for hydroxylation is 1. The molecule has 0 saturated heterocycles. The van der Waals surface area contributed by atoms with Gasteiger partial charge in [0.2, 0.25) is 11.8 Å². The Morgan fingerprint density at radius 1 is 1.21 bits per heavy atom. The summed E-state index contributed by atoms with van der Waals surface area (Å²) in [6.45, 7) is 6.52. The number of carbonyl (C=O) groups excluding carboxylic acids is 2. The van der Waals surface area contributed by atoms with Crippen LogP contribution in [0.25, 0.3) is 0 Å². The normalized spacial score (nSPS) is 10.1. The number of benzene rings is 1. The summed E-state index contributed by atoms with van der Waals surface area (Å²) >= 11 is 0. The molecule has 19 heavy (non-hydrogen) atoms. The van der Waals surface area contributed by atoms with Crippen molar-refractivity contribution in [3.63, 3.8) is 0 Å². The summed E-state index contributed by atoms with van der Waals surface area (Å²) in [6, 6.07) is 5.43. The van der Waals surface area contributed by atoms with Gasteiger partial charge in [-0.15, -0.1) is 0 Å². The maximum atomic E-state index is 11.7. The zero-order chi connectivity index (χ0) is 14.3. The Hall–Kier alpha value is -1.88. The van der Waals surface area contributed by atoms with Gasteiger partial charge in [-0.25, -0.2) is 0 Å². The molecule has 0 spiro atoms. The highest BCUT2D eigenvalue weighted by molar-refractivity contribution is 5.95. The van der Waals surface area contributed by atoms with Crippen LogP contribution in [0, 0.1) is 6.92 Å². The molecule has 0 radical (unpaired) electrons. The minimum Gasteiger partial charge on any atom is -0.326 e. The van der Waals surface area contributed by atoms with E-state index in [9.17, 15) is 9.59 Å². The van der Waals surface area contributed by atoms with Gasteiger partial charge in [0, 0.05) is 18.3 Å². The van der Waals surface area contributed by atoms with Crippen molar-refractivity contribution >= 4 is 23.2 Å². The Kier molecular flexibility index (Phi) is 6.02. The van der Waals surface area contributed by atoms with E-state index in [0.29, 0.717) is 5.69 Å². The van der Waals surface area contributed by atoms with Crippen molar-refractivity contribution in [2.24, 2.45) is 0 Å². The molecule has 0 heterocycles. The summed E-state index contributed by atoms with van der Waals surface area (Å²) in [4.78, 5) is 22.7. The van der Waals surface area contributed by atoms with Crippen LogP contribution in [0.1, 0.15) is 25.8 Å². The van der Waals surface area contributed by atoms with Crippen molar-refractivity contribution in [2.75, 3.05) is 23.7 Å². The van der Waals surface area contributed by atoms with Gasteiger partial charge in [0.1, 0.15) is 0 Å². The molecule has 2 amide bonds. The first-order chi connectivity index (χ1) is 9.02. The van der Waals surface area contributed by atoms with E-state index >= 15 is 0 Å². The van der Waals surface area contributed by atoms with Crippen molar-refractivity contribution in [3.05, 3.63) is 23.8 Å². The summed E-state index contributed by atoms with van der Waals surface area (Å²) < 4.78 is 0. The topological polar surface area (TPSA) is 70.2 Å². The third-order valence-corrected chi connectivity index (χ3v) is 2.54. The molecule has 104 valence electrons. The van der Waals surface area contributed by atoms with Crippen LogP contribution in [-0.2, 0) is 9.59 Å². The highest BCUT2D eigenvalue weighted by Gasteiger charge is 2.06. The number of hydrogen-bond acceptors (Lipinski definition) is 3. The predicted molar refractivity (Wildman–Crippen MR) is 77.3 cm³/mol. The minimum atomic E-state index is -0.134. The van der Waals surface area contributed by atoms with Crippen LogP contribution in [0.4, 0.5) is 11.4 Å². The van der Waals surface area contributed by atoms with Gasteiger partial charge in [-0.05, 0) is 37.6 Å². The average Bonchev–Trinajstić information content (AvgIpc) is 2.33. The van der Waals surface area contributed by atoms with Crippen LogP contribution in [0.5, 0.6) is 0 Å². The van der Waals surface area contributed by atoms with E-state index in [-0.39, 0.29) is 18.4 Å². The molecule has 0 aliphatic carbocycles. The Morgan fingerprint density at radius 2 is 1.95 bits per heavy atom. The Labute approximate surface area is 113 Å². The van der Waals surface area contributed by atoms with Crippen molar-refractivity contribution < 1.29 is 9.59 Å². The van der Waals surface area contributed by atoms with E-state index in [0.717, 1.165) is 24.2 Å². The molecular formula is C14H21N3O2. The molecule has 1 rings (SSSR count). The predicted octanol–water partition coefficient (Wildman–Crippen LogP) is 1.89. The number of rotatable bonds is 6. The van der Waals surface area contributed by atoms with E-state index in [1.165, 1.54) is 6.92 Å². The fourth-order valence-electron chi connectivity index (χ4n) is 1.61. The van der Waals surface area contributed by atoms with E-state index in [1.807, 2.05) is 26.0 Å². The summed E-state index contributed by atoms with van der Waals surface area (Å²) in [7, 11) is 0. The summed E-state index contributed by atoms with van der Waals surface area (Å²) in [5.74, 6) is -0.220. The summed E-state index contributed by atoms with van der Waals surface area (Å²) in [5.41, 5.74) is 2.35. The van der Waals surface area contributed by atoms with Gasteiger partial charge in [0.05, 0.1) is 6.54 Å². The van der Waals surface area contributed by atoms with Gasteiger partial charge >= 0.3 is 0 Å². The number of carbonyl (C=O) groups is 2. The van der Waals surface area contributed by atoms with Gasteiger partial charge in [0.15, 0.2) is 0 Å². The molecule has 5 nitrogen and oxygen atoms in total. The molecule has 0 aliphatic heterocycles. The average molecular weight is 263 g/mol. The number of amides is 2. The van der Waals surface area contributed by atoms with Gasteiger partial charge in [-0.3, -0.25) is 9.59 Å². The van der Waals surface area contributed by atoms with Gasteiger partial charge in [-0.2, -0.15) is 0 Å². The zero-order valence-electron chi connectivity index (χ0n) is 11.7. The maximum Gasteiger partial charge on any atom is 0.238 e. The van der Waals surface area contributed by atoms with Crippen molar-refractivity contribution in [1.82, 2.24) is 5.32 Å². The van der Waals surface area contributed by atoms with Crippen molar-refractivity contribution in [2.45, 2.75) is 27.2 Å². The Balaban J connectivity index is 2.65. The second-order valence-corrected chi connectivity index (χ2v) is 4.44. The SMILES string of the molecule is CCCNCC(=O)Nc1cc(NC(C)=O)ccc1C. The summed E-state index contributed by atoms with van der Waals surface area (Å²) in [6.07, 6.45) is 0.990. The Bertz CT molecular complexity index is 458. The molecule has 0 unspecified atom stereocenters. The number of anilines is 2. The molecule has 0 aliphatic rings. The van der Waals surface area contributed by atoms with Gasteiger partial charge in [-0.1, -0.05) is 13.0 Å². The molecule has 0 bridgehead atoms. The Morgan fingerprint density at radius 3 is 2.58 bits per heavy atom. The molecule has 0 saturated carbocycles. The molecule has 0 aromatic heterocycles. The largest absolute Gasteiger partial charge is 0.326 e. The van der Waals surface area contributed by atoms with E-state index in [4.69, 9.17) is 0 Å². The standard InChI is InChI=1S/C14H21N3O2/c1-4-7-15-9-14(19)17-13-8-12(16-11(3)18)6-5-10(13)2/h5-6,8,15H,4,7,9H2,1-3H3,(H,16,18)(H,17,19). The van der Waals surface area contributed by atoms with E-state index in [1.54, 1.807) is 6.07 Å². The lowest BCUT2D eigenvalue weighted by Crippen LogP contribution is -2.28. The second-order valence-electron chi connectivity index (χ2n) is 4.44. The monoisotopic (exact) mass is 263 g/mol. The van der Waals surface area contributed by atoms with Crippen LogP contribution in [0.2, 0.25) is 0 Å². The molecular weight excluding hydrogens is 242 g/mol. The first-order valence-corrected chi connectivity index (χ1v) is 6.41. The van der Waals surface area contributed by atoms with Crippen molar-refractivity contribution in [1.29, 1.82) is 0 Å². The third kappa shape index (κ3) is 5.52. The zero-order valence-corrected chi connectivity index (χ0v) is 11.7. The summed E-state index contributed by atoms with van der Waals surface area (Å²) in [5, 5.41) is 8.56. The fraction of sp³-hybridized carbons (Fsp3) is 0.429. The van der Waals surface area contributed by atoms with E-state index < -0.39 is 0 Å². The molecule has 3 N–H and O–H groups in total. The molecule has 5 heteroatoms. The van der Waals surface area contributed by atoms with Crippen LogP contribution in [0.15, 0.2) is 18.2 Å². The molecule has 0 fully saturated rings. The number of nitrogens with one attached hydrogen (secondary N) is 3. The lowest BCUT2D eigenvalue weighted by atomic mass is 10.1. The number of hydrogen-bond donors (Lipinski definition) is 3. The highest BCUT2D eigenvalue weighted by atomic mass is 16.2. The smallest absolute Gasteiger partial charge is 0.238 e. The molecule has 1 aromatic rings. The first kappa shape index (κ1) is 15.2. The highest BCUT2D eigenvalue weighted by Crippen LogP contribution is 2.20. The van der Waals surface area contributed by atoms with Crippen LogP contribution in [0.3, 0.4) is 0 Å². The van der Waals surface area contributed by atoms with Gasteiger partial charge in [0.25, 0.3) is 0 Å². The maximum absolute atomic E-state index is 11.7. The minimum absolute atomic E-state index is 0.0866. The van der Waals surface area contributed by atoms with Crippen LogP contribution < -0.4 is 16.0 Å². The second kappa shape index (κ2) is 7.53. The van der Waals surface area contributed by atoms with E-state index in [2.05, 4.69) is 16.0 Å². The lowest BCUT2D eigenvalue weighted by molar-refractivity contribution is -0.115. The third-order valence-electron chi connectivity index (χ3n) is 2.54. The van der Waals surface area contributed by atoms with Gasteiger partial charge < -0.3 is 16.0 Å². The van der Waals surface area contributed by atoms with Crippen LogP contribution >= 0.6 is 0 Å². The first-order valence-electron chi connectivity index (χ1n) is 6.41.